The summed E-state index contributed by atoms with van der Waals surface area (Å²) in [6.45, 7) is 5.05. The third kappa shape index (κ3) is 5.60. The van der Waals surface area contributed by atoms with Crippen LogP contribution in [-0.4, -0.2) is 68.0 Å². The molecule has 0 spiro atoms. The molecule has 1 saturated heterocycles. The van der Waals surface area contributed by atoms with Gasteiger partial charge in [-0.05, 0) is 31.4 Å². The molecule has 2 aliphatic rings. The van der Waals surface area contributed by atoms with Gasteiger partial charge in [-0.3, -0.25) is 4.99 Å². The summed E-state index contributed by atoms with van der Waals surface area (Å²) in [6.07, 6.45) is 3.21. The van der Waals surface area contributed by atoms with Crippen molar-refractivity contribution in [3.63, 3.8) is 0 Å². The fourth-order valence-corrected chi connectivity index (χ4v) is 5.40. The molecule has 1 N–H and O–H groups in total. The van der Waals surface area contributed by atoms with Gasteiger partial charge in [0.05, 0.1) is 12.2 Å². The topological polar surface area (TPSA) is 91.0 Å². The Morgan fingerprint density at radius 2 is 1.94 bits per heavy atom. The van der Waals surface area contributed by atoms with Gasteiger partial charge in [0, 0.05) is 44.2 Å². The number of rotatable bonds is 7. The fourth-order valence-electron chi connectivity index (χ4n) is 3.98. The first-order valence-electron chi connectivity index (χ1n) is 10.6. The van der Waals surface area contributed by atoms with E-state index in [0.29, 0.717) is 45.0 Å². The van der Waals surface area contributed by atoms with Gasteiger partial charge in [-0.1, -0.05) is 23.4 Å². The molecular formula is C21H29FIN5O3S. The van der Waals surface area contributed by atoms with Crippen LogP contribution >= 0.6 is 24.0 Å². The number of nitrogens with one attached hydrogen (secondary N) is 1. The standard InChI is InChI=1S/C21H28FN5O3S.HI/c1-2-23-20(24-16-21(8-9-21)18-5-3-4-6-19(18)22)26-10-12-27(13-11-26)31(28,29)15-17-7-14-30-25-17;/h3-7,14H,2,8-13,15-16H2,1H3,(H,23,24);1H. The van der Waals surface area contributed by atoms with Gasteiger partial charge in [-0.25, -0.2) is 12.8 Å². The van der Waals surface area contributed by atoms with E-state index in [2.05, 4.69) is 15.4 Å². The molecule has 0 atom stereocenters. The van der Waals surface area contributed by atoms with E-state index in [-0.39, 0.29) is 41.0 Å². The number of nitrogens with zero attached hydrogens (tertiary/aromatic N) is 4. The van der Waals surface area contributed by atoms with Crippen molar-refractivity contribution in [2.24, 2.45) is 4.99 Å². The summed E-state index contributed by atoms with van der Waals surface area (Å²) in [5.74, 6) is 0.410. The number of hydrogen-bond donors (Lipinski definition) is 1. The molecule has 1 aromatic carbocycles. The lowest BCUT2D eigenvalue weighted by Gasteiger charge is -2.36. The lowest BCUT2D eigenvalue weighted by atomic mass is 9.95. The van der Waals surface area contributed by atoms with Crippen molar-refractivity contribution in [1.29, 1.82) is 0 Å². The summed E-state index contributed by atoms with van der Waals surface area (Å²) in [5.41, 5.74) is 0.910. The molecule has 1 aliphatic heterocycles. The van der Waals surface area contributed by atoms with Crippen LogP contribution in [0.3, 0.4) is 0 Å². The summed E-state index contributed by atoms with van der Waals surface area (Å²) in [6, 6.07) is 8.49. The van der Waals surface area contributed by atoms with Crippen molar-refractivity contribution in [3.8, 4) is 0 Å². The van der Waals surface area contributed by atoms with E-state index < -0.39 is 10.0 Å². The molecule has 32 heavy (non-hydrogen) atoms. The minimum absolute atomic E-state index is 0. The molecule has 11 heteroatoms. The van der Waals surface area contributed by atoms with Crippen molar-refractivity contribution in [2.45, 2.75) is 30.9 Å². The number of benzene rings is 1. The first kappa shape index (κ1) is 24.9. The molecule has 0 unspecified atom stereocenters. The van der Waals surface area contributed by atoms with Crippen LogP contribution in [0.15, 0.2) is 46.1 Å². The van der Waals surface area contributed by atoms with Crippen molar-refractivity contribution in [2.75, 3.05) is 39.3 Å². The van der Waals surface area contributed by atoms with Crippen LogP contribution in [-0.2, 0) is 21.2 Å². The average Bonchev–Trinajstić information content (AvgIpc) is 3.38. The highest BCUT2D eigenvalue weighted by atomic mass is 127. The van der Waals surface area contributed by atoms with Crippen molar-refractivity contribution in [1.82, 2.24) is 19.7 Å². The van der Waals surface area contributed by atoms with Crippen molar-refractivity contribution < 1.29 is 17.3 Å². The largest absolute Gasteiger partial charge is 0.364 e. The molecule has 2 heterocycles. The number of aliphatic imine (C=N–C) groups is 1. The zero-order chi connectivity index (χ0) is 21.9. The number of piperazine rings is 1. The molecule has 8 nitrogen and oxygen atoms in total. The minimum atomic E-state index is -3.45. The Kier molecular flexibility index (Phi) is 8.15. The quantitative estimate of drug-likeness (QED) is 0.309. The van der Waals surface area contributed by atoms with Crippen LogP contribution < -0.4 is 5.32 Å². The number of aromatic nitrogens is 1. The van der Waals surface area contributed by atoms with E-state index in [0.717, 1.165) is 24.4 Å². The van der Waals surface area contributed by atoms with Crippen LogP contribution in [0.1, 0.15) is 31.0 Å². The van der Waals surface area contributed by atoms with Gasteiger partial charge in [0.2, 0.25) is 10.0 Å². The lowest BCUT2D eigenvalue weighted by Crippen LogP contribution is -2.54. The summed E-state index contributed by atoms with van der Waals surface area (Å²) < 4.78 is 45.8. The van der Waals surface area contributed by atoms with Crippen LogP contribution in [0.2, 0.25) is 0 Å². The Labute approximate surface area is 205 Å². The van der Waals surface area contributed by atoms with Gasteiger partial charge < -0.3 is 14.7 Å². The highest BCUT2D eigenvalue weighted by Gasteiger charge is 2.46. The van der Waals surface area contributed by atoms with E-state index in [9.17, 15) is 12.8 Å². The lowest BCUT2D eigenvalue weighted by molar-refractivity contribution is 0.259. The van der Waals surface area contributed by atoms with Gasteiger partial charge in [0.15, 0.2) is 5.96 Å². The summed E-state index contributed by atoms with van der Waals surface area (Å²) >= 11 is 0. The highest BCUT2D eigenvalue weighted by Crippen LogP contribution is 2.49. The molecular weight excluding hydrogens is 548 g/mol. The number of halogens is 2. The summed E-state index contributed by atoms with van der Waals surface area (Å²) in [5, 5.41) is 7.00. The second-order valence-corrected chi connectivity index (χ2v) is 10.0. The van der Waals surface area contributed by atoms with Crippen molar-refractivity contribution >= 4 is 40.0 Å². The first-order chi connectivity index (χ1) is 14.9. The number of sulfonamides is 1. The van der Waals surface area contributed by atoms with Gasteiger partial charge in [0.1, 0.15) is 17.8 Å². The van der Waals surface area contributed by atoms with Crippen LogP contribution in [0.5, 0.6) is 0 Å². The summed E-state index contributed by atoms with van der Waals surface area (Å²) in [7, 11) is -3.45. The predicted octanol–water partition coefficient (Wildman–Crippen LogP) is 2.58. The Balaban J connectivity index is 0.00000289. The van der Waals surface area contributed by atoms with Crippen LogP contribution in [0.4, 0.5) is 4.39 Å². The van der Waals surface area contributed by atoms with Crippen LogP contribution in [0.25, 0.3) is 0 Å². The third-order valence-electron chi connectivity index (χ3n) is 5.92. The first-order valence-corrected chi connectivity index (χ1v) is 12.2. The fraction of sp³-hybridized carbons (Fsp3) is 0.524. The molecule has 176 valence electrons. The Morgan fingerprint density at radius 1 is 1.22 bits per heavy atom. The summed E-state index contributed by atoms with van der Waals surface area (Å²) in [4.78, 5) is 6.88. The maximum Gasteiger partial charge on any atom is 0.220 e. The molecule has 2 aromatic rings. The molecule has 4 rings (SSSR count). The van der Waals surface area contributed by atoms with E-state index >= 15 is 0 Å². The maximum atomic E-state index is 14.3. The molecule has 1 aromatic heterocycles. The number of hydrogen-bond acceptors (Lipinski definition) is 5. The SMILES string of the molecule is CCNC(=NCC1(c2ccccc2F)CC1)N1CCN(S(=O)(=O)Cc2ccon2)CC1.I. The van der Waals surface area contributed by atoms with Crippen LogP contribution in [0, 0.1) is 5.82 Å². The highest BCUT2D eigenvalue weighted by molar-refractivity contribution is 14.0. The van der Waals surface area contributed by atoms with Gasteiger partial charge >= 0.3 is 0 Å². The van der Waals surface area contributed by atoms with E-state index in [1.807, 2.05) is 19.1 Å². The van der Waals surface area contributed by atoms with Gasteiger partial charge in [-0.15, -0.1) is 24.0 Å². The smallest absolute Gasteiger partial charge is 0.220 e. The Bertz CT molecular complexity index is 1020. The predicted molar refractivity (Wildman–Crippen MR) is 131 cm³/mol. The Hall–Kier alpha value is -1.73. The molecule has 1 saturated carbocycles. The average molecular weight is 577 g/mol. The normalized spacial score (nSPS) is 18.8. The van der Waals surface area contributed by atoms with E-state index in [4.69, 9.17) is 9.52 Å². The molecule has 0 bridgehead atoms. The number of guanidine groups is 1. The minimum Gasteiger partial charge on any atom is -0.364 e. The second-order valence-electron chi connectivity index (χ2n) is 8.06. The monoisotopic (exact) mass is 577 g/mol. The maximum absolute atomic E-state index is 14.3. The van der Waals surface area contributed by atoms with Crippen molar-refractivity contribution in [3.05, 3.63) is 53.7 Å². The molecule has 1 aliphatic carbocycles. The zero-order valence-corrected chi connectivity index (χ0v) is 21.2. The Morgan fingerprint density at radius 3 is 2.53 bits per heavy atom. The molecule has 2 fully saturated rings. The zero-order valence-electron chi connectivity index (χ0n) is 18.0. The van der Waals surface area contributed by atoms with Gasteiger partial charge in [-0.2, -0.15) is 4.31 Å². The molecule has 0 amide bonds. The second kappa shape index (κ2) is 10.5. The third-order valence-corrected chi connectivity index (χ3v) is 7.73. The molecule has 0 radical (unpaired) electrons. The van der Waals surface area contributed by atoms with E-state index in [1.165, 1.54) is 16.6 Å². The van der Waals surface area contributed by atoms with E-state index in [1.54, 1.807) is 12.1 Å². The van der Waals surface area contributed by atoms with Gasteiger partial charge in [0.25, 0.3) is 0 Å².